The van der Waals surface area contributed by atoms with Crippen molar-refractivity contribution in [1.82, 2.24) is 14.5 Å². The number of anilines is 1. The van der Waals surface area contributed by atoms with E-state index in [1.807, 2.05) is 0 Å². The molecule has 1 saturated carbocycles. The predicted molar refractivity (Wildman–Crippen MR) is 116 cm³/mol. The van der Waals surface area contributed by atoms with Gasteiger partial charge >= 0.3 is 0 Å². The number of methoxy groups -OCH3 is 2. The smallest absolute Gasteiger partial charge is 0.243 e. The van der Waals surface area contributed by atoms with Gasteiger partial charge < -0.3 is 14.4 Å². The van der Waals surface area contributed by atoms with E-state index in [2.05, 4.69) is 15.1 Å². The van der Waals surface area contributed by atoms with E-state index >= 15 is 0 Å². The summed E-state index contributed by atoms with van der Waals surface area (Å²) in [5, 5.41) is 10.9. The minimum Gasteiger partial charge on any atom is -0.493 e. The number of nitrogens with zero attached hydrogens (tertiary/aromatic N) is 4. The average molecular weight is 453 g/mol. The predicted octanol–water partition coefficient (Wildman–Crippen LogP) is 3.11. The van der Waals surface area contributed by atoms with Gasteiger partial charge in [0.15, 0.2) is 11.5 Å². The zero-order valence-corrected chi connectivity index (χ0v) is 19.0. The summed E-state index contributed by atoms with van der Waals surface area (Å²) in [6.07, 6.45) is 6.26. The number of hydrogen-bond donors (Lipinski definition) is 0. The standard InChI is InChI=1S/C20H28N4O4S2/c1-27-17-9-8-16(14-18(17)28-2)30(25,26)24-12-10-23(11-13-24)20-22-21-19(29-20)15-6-4-3-5-7-15/h8-9,14-15H,3-7,10-13H2,1-2H3. The first kappa shape index (κ1) is 21.3. The van der Waals surface area contributed by atoms with Crippen LogP contribution in [0.5, 0.6) is 11.5 Å². The van der Waals surface area contributed by atoms with Crippen molar-refractivity contribution in [3.8, 4) is 11.5 Å². The second-order valence-corrected chi connectivity index (χ2v) is 10.6. The van der Waals surface area contributed by atoms with Crippen molar-refractivity contribution in [2.45, 2.75) is 42.9 Å². The molecule has 0 bridgehead atoms. The second kappa shape index (κ2) is 9.07. The molecule has 1 aliphatic carbocycles. The van der Waals surface area contributed by atoms with Crippen molar-refractivity contribution >= 4 is 26.5 Å². The van der Waals surface area contributed by atoms with E-state index in [-0.39, 0.29) is 4.90 Å². The Kier molecular flexibility index (Phi) is 6.45. The lowest BCUT2D eigenvalue weighted by atomic mass is 9.90. The summed E-state index contributed by atoms with van der Waals surface area (Å²) in [5.41, 5.74) is 0. The van der Waals surface area contributed by atoms with Crippen LogP contribution in [0.3, 0.4) is 0 Å². The second-order valence-electron chi connectivity index (χ2n) is 7.67. The fourth-order valence-corrected chi connectivity index (χ4v) is 6.62. The normalized spacial score (nSPS) is 19.1. The van der Waals surface area contributed by atoms with Gasteiger partial charge in [-0.2, -0.15) is 4.31 Å². The molecule has 0 spiro atoms. The molecule has 8 nitrogen and oxygen atoms in total. The molecule has 1 saturated heterocycles. The maximum Gasteiger partial charge on any atom is 0.243 e. The Morgan fingerprint density at radius 1 is 0.967 bits per heavy atom. The first-order chi connectivity index (χ1) is 14.5. The molecule has 1 aromatic carbocycles. The average Bonchev–Trinajstić information content (AvgIpc) is 3.29. The Hall–Kier alpha value is -1.91. The molecule has 1 aliphatic heterocycles. The molecule has 30 heavy (non-hydrogen) atoms. The molecule has 4 rings (SSSR count). The number of ether oxygens (including phenoxy) is 2. The van der Waals surface area contributed by atoms with Gasteiger partial charge in [-0.25, -0.2) is 8.42 Å². The molecule has 2 heterocycles. The van der Waals surface area contributed by atoms with Crippen LogP contribution in [0.1, 0.15) is 43.0 Å². The number of aromatic nitrogens is 2. The van der Waals surface area contributed by atoms with Gasteiger partial charge in [-0.1, -0.05) is 30.6 Å². The van der Waals surface area contributed by atoms with Gasteiger partial charge in [0, 0.05) is 38.2 Å². The molecule has 0 atom stereocenters. The summed E-state index contributed by atoms with van der Waals surface area (Å²) in [6, 6.07) is 4.70. The van der Waals surface area contributed by atoms with Crippen LogP contribution in [0, 0.1) is 0 Å². The third-order valence-electron chi connectivity index (χ3n) is 5.89. The monoisotopic (exact) mass is 452 g/mol. The largest absolute Gasteiger partial charge is 0.493 e. The fourth-order valence-electron chi connectivity index (χ4n) is 4.11. The lowest BCUT2D eigenvalue weighted by Crippen LogP contribution is -2.48. The fraction of sp³-hybridized carbons (Fsp3) is 0.600. The summed E-state index contributed by atoms with van der Waals surface area (Å²) < 4.78 is 38.2. The van der Waals surface area contributed by atoms with Crippen molar-refractivity contribution in [2.75, 3.05) is 45.3 Å². The van der Waals surface area contributed by atoms with E-state index in [1.54, 1.807) is 23.5 Å². The Labute approximate surface area is 181 Å². The molecule has 1 aromatic heterocycles. The SMILES string of the molecule is COc1ccc(S(=O)(=O)N2CCN(c3nnc(C4CCCCC4)s3)CC2)cc1OC. The van der Waals surface area contributed by atoms with E-state index in [0.717, 1.165) is 10.1 Å². The number of rotatable bonds is 6. The van der Waals surface area contributed by atoms with E-state index in [1.165, 1.54) is 56.7 Å². The third-order valence-corrected chi connectivity index (χ3v) is 8.93. The molecule has 0 unspecified atom stereocenters. The summed E-state index contributed by atoms with van der Waals surface area (Å²) in [5.74, 6) is 1.45. The van der Waals surface area contributed by atoms with Crippen molar-refractivity contribution in [1.29, 1.82) is 0 Å². The number of hydrogen-bond acceptors (Lipinski definition) is 8. The summed E-state index contributed by atoms with van der Waals surface area (Å²) >= 11 is 1.67. The van der Waals surface area contributed by atoms with Crippen LogP contribution in [-0.4, -0.2) is 63.3 Å². The van der Waals surface area contributed by atoms with Crippen molar-refractivity contribution in [3.05, 3.63) is 23.2 Å². The number of benzene rings is 1. The van der Waals surface area contributed by atoms with Gasteiger partial charge in [-0.15, -0.1) is 10.2 Å². The highest BCUT2D eigenvalue weighted by Crippen LogP contribution is 2.36. The molecular weight excluding hydrogens is 424 g/mol. The Bertz CT molecular complexity index is 965. The molecule has 0 radical (unpaired) electrons. The van der Waals surface area contributed by atoms with Gasteiger partial charge in [0.05, 0.1) is 19.1 Å². The van der Waals surface area contributed by atoms with Gasteiger partial charge in [-0.05, 0) is 25.0 Å². The van der Waals surface area contributed by atoms with Gasteiger partial charge in [0.2, 0.25) is 15.2 Å². The highest BCUT2D eigenvalue weighted by Gasteiger charge is 2.31. The van der Waals surface area contributed by atoms with Crippen LogP contribution in [0.2, 0.25) is 0 Å². The van der Waals surface area contributed by atoms with E-state index in [4.69, 9.17) is 9.47 Å². The number of sulfonamides is 1. The first-order valence-electron chi connectivity index (χ1n) is 10.3. The first-order valence-corrected chi connectivity index (χ1v) is 12.6. The quantitative estimate of drug-likeness (QED) is 0.666. The van der Waals surface area contributed by atoms with Gasteiger partial charge in [0.25, 0.3) is 0 Å². The number of piperazine rings is 1. The molecule has 2 aromatic rings. The van der Waals surface area contributed by atoms with Crippen LogP contribution < -0.4 is 14.4 Å². The maximum absolute atomic E-state index is 13.1. The van der Waals surface area contributed by atoms with E-state index in [0.29, 0.717) is 43.6 Å². The molecule has 10 heteroatoms. The molecule has 2 aliphatic rings. The highest BCUT2D eigenvalue weighted by molar-refractivity contribution is 7.89. The molecule has 0 N–H and O–H groups in total. The molecular formula is C20H28N4O4S2. The molecule has 0 amide bonds. The highest BCUT2D eigenvalue weighted by atomic mass is 32.2. The van der Waals surface area contributed by atoms with Gasteiger partial charge in [0.1, 0.15) is 5.01 Å². The summed E-state index contributed by atoms with van der Waals surface area (Å²) in [4.78, 5) is 2.36. The van der Waals surface area contributed by atoms with Crippen LogP contribution in [0.15, 0.2) is 23.1 Å². The van der Waals surface area contributed by atoms with Crippen LogP contribution >= 0.6 is 11.3 Å². The van der Waals surface area contributed by atoms with Crippen LogP contribution in [0.4, 0.5) is 5.13 Å². The molecule has 2 fully saturated rings. The zero-order valence-electron chi connectivity index (χ0n) is 17.4. The third kappa shape index (κ3) is 4.26. The Balaban J connectivity index is 1.42. The molecule has 164 valence electrons. The Morgan fingerprint density at radius 3 is 2.33 bits per heavy atom. The van der Waals surface area contributed by atoms with Crippen LogP contribution in [-0.2, 0) is 10.0 Å². The minimum absolute atomic E-state index is 0.212. The van der Waals surface area contributed by atoms with Crippen molar-refractivity contribution < 1.29 is 17.9 Å². The lowest BCUT2D eigenvalue weighted by Gasteiger charge is -2.33. The topological polar surface area (TPSA) is 84.9 Å². The maximum atomic E-state index is 13.1. The summed E-state index contributed by atoms with van der Waals surface area (Å²) in [6.45, 7) is 2.03. The lowest BCUT2D eigenvalue weighted by molar-refractivity contribution is 0.353. The minimum atomic E-state index is -3.60. The summed E-state index contributed by atoms with van der Waals surface area (Å²) in [7, 11) is -0.576. The van der Waals surface area contributed by atoms with Gasteiger partial charge in [-0.3, -0.25) is 0 Å². The van der Waals surface area contributed by atoms with E-state index < -0.39 is 10.0 Å². The zero-order chi connectivity index (χ0) is 21.1. The Morgan fingerprint density at radius 2 is 1.67 bits per heavy atom. The van der Waals surface area contributed by atoms with Crippen molar-refractivity contribution in [3.63, 3.8) is 0 Å². The van der Waals surface area contributed by atoms with E-state index in [9.17, 15) is 8.42 Å². The van der Waals surface area contributed by atoms with Crippen LogP contribution in [0.25, 0.3) is 0 Å². The van der Waals surface area contributed by atoms with Crippen molar-refractivity contribution in [2.24, 2.45) is 0 Å².